The number of esters is 1. The van der Waals surface area contributed by atoms with Crippen molar-refractivity contribution in [2.24, 2.45) is 0 Å². The summed E-state index contributed by atoms with van der Waals surface area (Å²) in [5.74, 6) is -0.462. The summed E-state index contributed by atoms with van der Waals surface area (Å²) in [4.78, 5) is 15.3. The lowest BCUT2D eigenvalue weighted by Gasteiger charge is -2.08. The van der Waals surface area contributed by atoms with Gasteiger partial charge in [0, 0.05) is 18.4 Å². The predicted molar refractivity (Wildman–Crippen MR) is 75.3 cm³/mol. The number of ether oxygens (including phenoxy) is 1. The fourth-order valence-corrected chi connectivity index (χ4v) is 1.80. The molecule has 0 saturated carbocycles. The first-order valence-corrected chi connectivity index (χ1v) is 6.20. The molecule has 0 fully saturated rings. The number of hydrogen-bond acceptors (Lipinski definition) is 5. The lowest BCUT2D eigenvalue weighted by Crippen LogP contribution is -2.06. The van der Waals surface area contributed by atoms with Crippen molar-refractivity contribution in [2.75, 3.05) is 12.4 Å². The van der Waals surface area contributed by atoms with Crippen LogP contribution in [0.1, 0.15) is 21.6 Å². The number of methoxy groups -OCH3 is 1. The van der Waals surface area contributed by atoms with E-state index in [9.17, 15) is 4.79 Å². The Morgan fingerprint density at radius 2 is 2.10 bits per heavy atom. The first-order valence-electron chi connectivity index (χ1n) is 6.20. The Bertz CT molecular complexity index is 599. The second-order valence-corrected chi connectivity index (χ2v) is 4.25. The maximum atomic E-state index is 11.4. The molecular weight excluding hydrogens is 256 g/mol. The number of pyridine rings is 1. The molecule has 0 unspecified atom stereocenters. The van der Waals surface area contributed by atoms with Crippen LogP contribution >= 0.6 is 0 Å². The lowest BCUT2D eigenvalue weighted by molar-refractivity contribution is 0.0594. The van der Waals surface area contributed by atoms with Crippen molar-refractivity contribution < 1.29 is 14.6 Å². The second kappa shape index (κ2) is 6.68. The smallest absolute Gasteiger partial charge is 0.356 e. The maximum Gasteiger partial charge on any atom is 0.356 e. The summed E-state index contributed by atoms with van der Waals surface area (Å²) in [6.45, 7) is 0.619. The molecular formula is C15H16N2O3. The third-order valence-electron chi connectivity index (χ3n) is 2.83. The monoisotopic (exact) mass is 272 g/mol. The van der Waals surface area contributed by atoms with Crippen LogP contribution in [-0.2, 0) is 17.9 Å². The number of hydrogen-bond donors (Lipinski definition) is 2. The van der Waals surface area contributed by atoms with E-state index in [4.69, 9.17) is 5.11 Å². The van der Waals surface area contributed by atoms with Gasteiger partial charge in [-0.25, -0.2) is 9.78 Å². The van der Waals surface area contributed by atoms with Crippen molar-refractivity contribution in [1.82, 2.24) is 4.98 Å². The first-order chi connectivity index (χ1) is 9.72. The summed E-state index contributed by atoms with van der Waals surface area (Å²) in [6.07, 6.45) is 1.55. The number of anilines is 1. The van der Waals surface area contributed by atoms with Gasteiger partial charge in [-0.3, -0.25) is 0 Å². The number of aromatic nitrogens is 1. The van der Waals surface area contributed by atoms with Crippen molar-refractivity contribution >= 4 is 11.7 Å². The zero-order valence-electron chi connectivity index (χ0n) is 11.2. The van der Waals surface area contributed by atoms with Crippen LogP contribution < -0.4 is 5.32 Å². The van der Waals surface area contributed by atoms with Gasteiger partial charge < -0.3 is 15.2 Å². The van der Waals surface area contributed by atoms with E-state index in [-0.39, 0.29) is 12.3 Å². The molecule has 2 rings (SSSR count). The van der Waals surface area contributed by atoms with Crippen LogP contribution in [0.5, 0.6) is 0 Å². The molecule has 20 heavy (non-hydrogen) atoms. The lowest BCUT2D eigenvalue weighted by atomic mass is 10.1. The molecule has 2 N–H and O–H groups in total. The summed E-state index contributed by atoms with van der Waals surface area (Å²) in [7, 11) is 1.32. The first kappa shape index (κ1) is 14.0. The van der Waals surface area contributed by atoms with E-state index in [0.29, 0.717) is 6.54 Å². The van der Waals surface area contributed by atoms with Gasteiger partial charge in [0.15, 0.2) is 0 Å². The number of aliphatic hydroxyl groups is 1. The van der Waals surface area contributed by atoms with Gasteiger partial charge in [0.2, 0.25) is 0 Å². The third kappa shape index (κ3) is 3.55. The van der Waals surface area contributed by atoms with Crippen molar-refractivity contribution in [3.63, 3.8) is 0 Å². The summed E-state index contributed by atoms with van der Waals surface area (Å²) in [6, 6.07) is 11.1. The van der Waals surface area contributed by atoms with E-state index >= 15 is 0 Å². The van der Waals surface area contributed by atoms with E-state index in [2.05, 4.69) is 15.0 Å². The van der Waals surface area contributed by atoms with Crippen molar-refractivity contribution in [3.05, 3.63) is 59.4 Å². The molecule has 0 aliphatic carbocycles. The van der Waals surface area contributed by atoms with Crippen LogP contribution in [-0.4, -0.2) is 23.2 Å². The topological polar surface area (TPSA) is 71.5 Å². The van der Waals surface area contributed by atoms with Crippen molar-refractivity contribution in [3.8, 4) is 0 Å². The van der Waals surface area contributed by atoms with Gasteiger partial charge in [-0.05, 0) is 23.3 Å². The van der Waals surface area contributed by atoms with E-state index in [1.807, 2.05) is 24.3 Å². The average Bonchev–Trinajstić information content (AvgIpc) is 2.52. The summed E-state index contributed by atoms with van der Waals surface area (Å²) in [5.41, 5.74) is 2.97. The number of rotatable bonds is 5. The van der Waals surface area contributed by atoms with Crippen LogP contribution in [0.2, 0.25) is 0 Å². The quantitative estimate of drug-likeness (QED) is 0.814. The second-order valence-electron chi connectivity index (χ2n) is 4.25. The number of nitrogens with one attached hydrogen (secondary N) is 1. The van der Waals surface area contributed by atoms with Crippen molar-refractivity contribution in [2.45, 2.75) is 13.2 Å². The molecule has 0 spiro atoms. The minimum Gasteiger partial charge on any atom is -0.464 e. The van der Waals surface area contributed by atoms with E-state index in [1.165, 1.54) is 7.11 Å². The largest absolute Gasteiger partial charge is 0.464 e. The molecule has 0 bridgehead atoms. The third-order valence-corrected chi connectivity index (χ3v) is 2.83. The average molecular weight is 272 g/mol. The highest BCUT2D eigenvalue weighted by atomic mass is 16.5. The van der Waals surface area contributed by atoms with Gasteiger partial charge in [0.25, 0.3) is 0 Å². The standard InChI is InChI=1S/C15H16N2O3/c1-20-15(19)14-8-13(5-6-16-14)17-9-11-3-2-4-12(7-11)10-18/h2-8,18H,9-10H2,1H3,(H,16,17). The number of carbonyl (C=O) groups excluding carboxylic acids is 1. The molecule has 1 aromatic heterocycles. The van der Waals surface area contributed by atoms with Gasteiger partial charge in [0.1, 0.15) is 5.69 Å². The number of aliphatic hydroxyl groups excluding tert-OH is 1. The fourth-order valence-electron chi connectivity index (χ4n) is 1.80. The Balaban J connectivity index is 2.05. The molecule has 0 aliphatic heterocycles. The molecule has 2 aromatic rings. The van der Waals surface area contributed by atoms with Crippen LogP contribution in [0.4, 0.5) is 5.69 Å². The normalized spacial score (nSPS) is 10.1. The molecule has 5 nitrogen and oxygen atoms in total. The highest BCUT2D eigenvalue weighted by Gasteiger charge is 2.07. The molecule has 0 saturated heterocycles. The molecule has 0 amide bonds. The molecule has 5 heteroatoms. The highest BCUT2D eigenvalue weighted by molar-refractivity contribution is 5.88. The van der Waals surface area contributed by atoms with Crippen LogP contribution in [0, 0.1) is 0 Å². The molecule has 1 heterocycles. The number of nitrogens with zero attached hydrogens (tertiary/aromatic N) is 1. The van der Waals surface area contributed by atoms with E-state index in [0.717, 1.165) is 16.8 Å². The fraction of sp³-hybridized carbons (Fsp3) is 0.200. The van der Waals surface area contributed by atoms with Gasteiger partial charge in [-0.15, -0.1) is 0 Å². The molecule has 0 aliphatic rings. The van der Waals surface area contributed by atoms with Gasteiger partial charge in [-0.1, -0.05) is 24.3 Å². The molecule has 1 aromatic carbocycles. The number of benzene rings is 1. The Labute approximate surface area is 117 Å². The molecule has 0 atom stereocenters. The molecule has 0 radical (unpaired) electrons. The summed E-state index contributed by atoms with van der Waals surface area (Å²) in [5, 5.41) is 12.3. The Hall–Kier alpha value is -2.40. The Kier molecular flexibility index (Phi) is 4.68. The van der Waals surface area contributed by atoms with Crippen LogP contribution in [0.25, 0.3) is 0 Å². The Morgan fingerprint density at radius 3 is 2.85 bits per heavy atom. The molecule has 104 valence electrons. The van der Waals surface area contributed by atoms with E-state index in [1.54, 1.807) is 18.3 Å². The van der Waals surface area contributed by atoms with Gasteiger partial charge in [-0.2, -0.15) is 0 Å². The highest BCUT2D eigenvalue weighted by Crippen LogP contribution is 2.12. The zero-order valence-corrected chi connectivity index (χ0v) is 11.2. The van der Waals surface area contributed by atoms with Crippen LogP contribution in [0.3, 0.4) is 0 Å². The Morgan fingerprint density at radius 1 is 1.30 bits per heavy atom. The van der Waals surface area contributed by atoms with Gasteiger partial charge >= 0.3 is 5.97 Å². The van der Waals surface area contributed by atoms with E-state index < -0.39 is 5.97 Å². The minimum atomic E-state index is -0.462. The summed E-state index contributed by atoms with van der Waals surface area (Å²) < 4.78 is 4.63. The van der Waals surface area contributed by atoms with Crippen LogP contribution in [0.15, 0.2) is 42.6 Å². The minimum absolute atomic E-state index is 0.0234. The zero-order chi connectivity index (χ0) is 14.4. The SMILES string of the molecule is COC(=O)c1cc(NCc2cccc(CO)c2)ccn1. The predicted octanol–water partition coefficient (Wildman–Crippen LogP) is 1.97. The summed E-state index contributed by atoms with van der Waals surface area (Å²) >= 11 is 0. The van der Waals surface area contributed by atoms with Gasteiger partial charge in [0.05, 0.1) is 13.7 Å². The maximum absolute atomic E-state index is 11.4. The van der Waals surface area contributed by atoms with Crippen molar-refractivity contribution in [1.29, 1.82) is 0 Å². The number of carbonyl (C=O) groups is 1.